The molecule has 1 aromatic carbocycles. The van der Waals surface area contributed by atoms with E-state index in [1.54, 1.807) is 0 Å². The Hall–Kier alpha value is -2.31. The average molecular weight is 257 g/mol. The molecule has 0 bridgehead atoms. The molecule has 7 heteroatoms. The van der Waals surface area contributed by atoms with Gasteiger partial charge in [-0.1, -0.05) is 11.2 Å². The SMILES string of the molecule is O=C(O)c1cc(-c2ccc(C(F)F)c(F)c2)on1. The molecule has 18 heavy (non-hydrogen) atoms. The molecule has 1 heterocycles. The first-order valence-electron chi connectivity index (χ1n) is 4.77. The number of carbonyl (C=O) groups is 1. The molecule has 0 aliphatic carbocycles. The summed E-state index contributed by atoms with van der Waals surface area (Å²) in [6.07, 6.45) is -2.91. The second-order valence-corrected chi connectivity index (χ2v) is 3.42. The predicted octanol–water partition coefficient (Wildman–Crippen LogP) is 3.12. The van der Waals surface area contributed by atoms with Crippen molar-refractivity contribution in [1.29, 1.82) is 0 Å². The third kappa shape index (κ3) is 2.20. The standard InChI is InChI=1S/C11H6F3NO3/c12-7-3-5(1-2-6(7)10(13)14)9-4-8(11(16)17)15-18-9/h1-4,10H,(H,16,17). The predicted molar refractivity (Wildman–Crippen MR) is 53.8 cm³/mol. The number of hydrogen-bond acceptors (Lipinski definition) is 3. The molecule has 0 fully saturated rings. The number of nitrogens with zero attached hydrogens (tertiary/aromatic N) is 1. The van der Waals surface area contributed by atoms with Gasteiger partial charge in [-0.25, -0.2) is 18.0 Å². The molecule has 2 aromatic rings. The highest BCUT2D eigenvalue weighted by atomic mass is 19.3. The summed E-state index contributed by atoms with van der Waals surface area (Å²) in [5, 5.41) is 11.9. The van der Waals surface area contributed by atoms with Crippen LogP contribution < -0.4 is 0 Å². The summed E-state index contributed by atoms with van der Waals surface area (Å²) < 4.78 is 42.6. The van der Waals surface area contributed by atoms with Crippen LogP contribution in [0.4, 0.5) is 13.2 Å². The molecule has 0 radical (unpaired) electrons. The van der Waals surface area contributed by atoms with Gasteiger partial charge in [0.15, 0.2) is 11.5 Å². The van der Waals surface area contributed by atoms with Gasteiger partial charge in [-0.05, 0) is 12.1 Å². The minimum atomic E-state index is -2.91. The third-order valence-electron chi connectivity index (χ3n) is 2.25. The maximum absolute atomic E-state index is 13.3. The van der Waals surface area contributed by atoms with Gasteiger partial charge in [-0.2, -0.15) is 0 Å². The van der Waals surface area contributed by atoms with Crippen molar-refractivity contribution in [2.24, 2.45) is 0 Å². The number of alkyl halides is 2. The molecule has 0 unspecified atom stereocenters. The maximum Gasteiger partial charge on any atom is 0.358 e. The second-order valence-electron chi connectivity index (χ2n) is 3.42. The molecule has 4 nitrogen and oxygen atoms in total. The van der Waals surface area contributed by atoms with E-state index >= 15 is 0 Å². The van der Waals surface area contributed by atoms with Crippen LogP contribution in [0, 0.1) is 5.82 Å². The first kappa shape index (κ1) is 12.2. The molecule has 1 aromatic heterocycles. The highest BCUT2D eigenvalue weighted by molar-refractivity contribution is 5.86. The number of benzene rings is 1. The number of carboxylic acids is 1. The van der Waals surface area contributed by atoms with Crippen molar-refractivity contribution < 1.29 is 27.6 Å². The molecular weight excluding hydrogens is 251 g/mol. The third-order valence-corrected chi connectivity index (χ3v) is 2.25. The van der Waals surface area contributed by atoms with Gasteiger partial charge >= 0.3 is 5.97 Å². The number of hydrogen-bond donors (Lipinski definition) is 1. The summed E-state index contributed by atoms with van der Waals surface area (Å²) in [5.41, 5.74) is -0.933. The lowest BCUT2D eigenvalue weighted by molar-refractivity contribution is 0.0685. The first-order chi connectivity index (χ1) is 8.49. The molecule has 0 saturated carbocycles. The molecule has 0 saturated heterocycles. The monoisotopic (exact) mass is 257 g/mol. The first-order valence-corrected chi connectivity index (χ1v) is 4.77. The maximum atomic E-state index is 13.3. The summed E-state index contributed by atoms with van der Waals surface area (Å²) in [7, 11) is 0. The van der Waals surface area contributed by atoms with Gasteiger partial charge in [0, 0.05) is 11.6 Å². The van der Waals surface area contributed by atoms with Gasteiger partial charge in [0.1, 0.15) is 5.82 Å². The summed E-state index contributed by atoms with van der Waals surface area (Å²) in [5.74, 6) is -2.39. The molecular formula is C11H6F3NO3. The minimum absolute atomic E-state index is 0.00730. The fourth-order valence-electron chi connectivity index (χ4n) is 1.37. The van der Waals surface area contributed by atoms with E-state index in [9.17, 15) is 18.0 Å². The Morgan fingerprint density at radius 3 is 2.56 bits per heavy atom. The lowest BCUT2D eigenvalue weighted by Gasteiger charge is -2.02. The summed E-state index contributed by atoms with van der Waals surface area (Å²) >= 11 is 0. The molecule has 94 valence electrons. The number of halogens is 3. The van der Waals surface area contributed by atoms with Crippen LogP contribution in [0.25, 0.3) is 11.3 Å². The van der Waals surface area contributed by atoms with E-state index in [4.69, 9.17) is 5.11 Å². The average Bonchev–Trinajstić information content (AvgIpc) is 2.77. The van der Waals surface area contributed by atoms with E-state index in [1.165, 1.54) is 6.07 Å². The lowest BCUT2D eigenvalue weighted by atomic mass is 10.1. The molecule has 0 atom stereocenters. The largest absolute Gasteiger partial charge is 0.476 e. The van der Waals surface area contributed by atoms with Gasteiger partial charge in [0.25, 0.3) is 6.43 Å². The zero-order valence-corrected chi connectivity index (χ0v) is 8.73. The lowest BCUT2D eigenvalue weighted by Crippen LogP contribution is -1.94. The zero-order valence-electron chi connectivity index (χ0n) is 8.73. The topological polar surface area (TPSA) is 63.3 Å². The Morgan fingerprint density at radius 1 is 1.33 bits per heavy atom. The van der Waals surface area contributed by atoms with Crippen LogP contribution in [0.2, 0.25) is 0 Å². The quantitative estimate of drug-likeness (QED) is 0.917. The fraction of sp³-hybridized carbons (Fsp3) is 0.0909. The summed E-state index contributed by atoms with van der Waals surface area (Å²) in [4.78, 5) is 10.6. The Balaban J connectivity index is 2.39. The second kappa shape index (κ2) is 4.52. The van der Waals surface area contributed by atoms with Crippen LogP contribution in [-0.2, 0) is 0 Å². The van der Waals surface area contributed by atoms with E-state index in [-0.39, 0.29) is 17.0 Å². The van der Waals surface area contributed by atoms with Crippen molar-refractivity contribution in [2.75, 3.05) is 0 Å². The molecule has 2 rings (SSSR count). The van der Waals surface area contributed by atoms with Crippen LogP contribution in [0.3, 0.4) is 0 Å². The van der Waals surface area contributed by atoms with Crippen LogP contribution >= 0.6 is 0 Å². The molecule has 1 N–H and O–H groups in total. The van der Waals surface area contributed by atoms with Crippen molar-refractivity contribution in [3.63, 3.8) is 0 Å². The van der Waals surface area contributed by atoms with E-state index in [0.29, 0.717) is 0 Å². The summed E-state index contributed by atoms with van der Waals surface area (Å²) in [6, 6.07) is 4.04. The number of carboxylic acid groups (broad SMARTS) is 1. The normalized spacial score (nSPS) is 10.9. The van der Waals surface area contributed by atoms with Gasteiger partial charge in [-0.15, -0.1) is 0 Å². The number of rotatable bonds is 3. The minimum Gasteiger partial charge on any atom is -0.476 e. The van der Waals surface area contributed by atoms with E-state index in [0.717, 1.165) is 18.2 Å². The van der Waals surface area contributed by atoms with Crippen LogP contribution in [0.5, 0.6) is 0 Å². The molecule has 0 spiro atoms. The van der Waals surface area contributed by atoms with E-state index in [2.05, 4.69) is 9.68 Å². The molecule has 0 aliphatic heterocycles. The highest BCUT2D eigenvalue weighted by Gasteiger charge is 2.16. The van der Waals surface area contributed by atoms with Gasteiger partial charge in [0.2, 0.25) is 0 Å². The van der Waals surface area contributed by atoms with Gasteiger partial charge in [0.05, 0.1) is 5.56 Å². The van der Waals surface area contributed by atoms with Crippen LogP contribution in [0.1, 0.15) is 22.5 Å². The summed E-state index contributed by atoms with van der Waals surface area (Å²) in [6.45, 7) is 0. The van der Waals surface area contributed by atoms with Gasteiger partial charge < -0.3 is 9.63 Å². The Kier molecular flexibility index (Phi) is 3.05. The Morgan fingerprint density at radius 2 is 2.06 bits per heavy atom. The molecule has 0 amide bonds. The van der Waals surface area contributed by atoms with Crippen molar-refractivity contribution in [3.05, 3.63) is 41.3 Å². The van der Waals surface area contributed by atoms with Crippen molar-refractivity contribution in [1.82, 2.24) is 5.16 Å². The van der Waals surface area contributed by atoms with Crippen molar-refractivity contribution in [2.45, 2.75) is 6.43 Å². The smallest absolute Gasteiger partial charge is 0.358 e. The zero-order chi connectivity index (χ0) is 13.3. The fourth-order valence-corrected chi connectivity index (χ4v) is 1.37. The van der Waals surface area contributed by atoms with Crippen LogP contribution in [0.15, 0.2) is 28.8 Å². The number of aromatic nitrogens is 1. The highest BCUT2D eigenvalue weighted by Crippen LogP contribution is 2.27. The van der Waals surface area contributed by atoms with Gasteiger partial charge in [-0.3, -0.25) is 0 Å². The Labute approximate surface area is 98.6 Å². The number of aromatic carboxylic acids is 1. The Bertz CT molecular complexity index is 595. The van der Waals surface area contributed by atoms with E-state index < -0.39 is 23.8 Å². The van der Waals surface area contributed by atoms with Crippen molar-refractivity contribution >= 4 is 5.97 Å². The van der Waals surface area contributed by atoms with Crippen LogP contribution in [-0.4, -0.2) is 16.2 Å². The van der Waals surface area contributed by atoms with E-state index in [1.807, 2.05) is 0 Å². The van der Waals surface area contributed by atoms with Crippen molar-refractivity contribution in [3.8, 4) is 11.3 Å². The molecule has 0 aliphatic rings.